The van der Waals surface area contributed by atoms with Crippen LogP contribution < -0.4 is 5.32 Å². The third-order valence-corrected chi connectivity index (χ3v) is 2.54. The minimum atomic E-state index is -0.336. The average molecular weight is 251 g/mol. The van der Waals surface area contributed by atoms with E-state index in [1.807, 2.05) is 0 Å². The Kier molecular flexibility index (Phi) is 4.78. The molecule has 18 heavy (non-hydrogen) atoms. The molecule has 0 saturated carbocycles. The molecule has 0 unspecified atom stereocenters. The van der Waals surface area contributed by atoms with Crippen molar-refractivity contribution in [3.05, 3.63) is 23.8 Å². The number of ether oxygens (including phenoxy) is 1. The summed E-state index contributed by atoms with van der Waals surface area (Å²) in [5.41, 5.74) is 0.893. The molecule has 1 atom stereocenters. The summed E-state index contributed by atoms with van der Waals surface area (Å²) in [6, 6.07) is -0.336. The lowest BCUT2D eigenvalue weighted by Gasteiger charge is -2.16. The van der Waals surface area contributed by atoms with Gasteiger partial charge in [-0.25, -0.2) is 9.97 Å². The van der Waals surface area contributed by atoms with Gasteiger partial charge in [0.15, 0.2) is 0 Å². The smallest absolute Gasteiger partial charge is 0.322 e. The van der Waals surface area contributed by atoms with Crippen LogP contribution in [-0.2, 0) is 21.5 Å². The molecule has 1 aromatic rings. The molecule has 0 aliphatic rings. The highest BCUT2D eigenvalue weighted by Gasteiger charge is 2.17. The zero-order valence-electron chi connectivity index (χ0n) is 11.7. The molecule has 0 aliphatic carbocycles. The van der Waals surface area contributed by atoms with E-state index in [1.54, 1.807) is 19.3 Å². The lowest BCUT2D eigenvalue weighted by Crippen LogP contribution is -2.34. The molecule has 0 saturated heterocycles. The lowest BCUT2D eigenvalue weighted by molar-refractivity contribution is -0.142. The summed E-state index contributed by atoms with van der Waals surface area (Å²) in [6.07, 6.45) is 3.56. The van der Waals surface area contributed by atoms with Gasteiger partial charge in [0.1, 0.15) is 11.9 Å². The van der Waals surface area contributed by atoms with Gasteiger partial charge in [0, 0.05) is 29.9 Å². The number of carbonyl (C=O) groups is 1. The molecule has 0 aromatic carbocycles. The molecule has 0 radical (unpaired) electrons. The normalized spacial score (nSPS) is 13.2. The molecule has 1 heterocycles. The second-order valence-corrected chi connectivity index (χ2v) is 5.29. The molecule has 1 aromatic heterocycles. The number of nitrogens with one attached hydrogen (secondary N) is 1. The Hall–Kier alpha value is -1.49. The van der Waals surface area contributed by atoms with Crippen molar-refractivity contribution in [3.63, 3.8) is 0 Å². The predicted octanol–water partition coefficient (Wildman–Crippen LogP) is 1.43. The maximum Gasteiger partial charge on any atom is 0.322 e. The summed E-state index contributed by atoms with van der Waals surface area (Å²) < 4.78 is 4.63. The van der Waals surface area contributed by atoms with Crippen molar-refractivity contribution >= 4 is 5.97 Å². The minimum Gasteiger partial charge on any atom is -0.468 e. The number of carbonyl (C=O) groups excluding carboxylic acids is 1. The monoisotopic (exact) mass is 251 g/mol. The van der Waals surface area contributed by atoms with Crippen LogP contribution in [0.2, 0.25) is 0 Å². The summed E-state index contributed by atoms with van der Waals surface area (Å²) in [7, 11) is 1.38. The third kappa shape index (κ3) is 4.07. The molecule has 0 amide bonds. The van der Waals surface area contributed by atoms with Crippen LogP contribution in [0.15, 0.2) is 12.4 Å². The van der Waals surface area contributed by atoms with Crippen molar-refractivity contribution in [2.75, 3.05) is 7.11 Å². The van der Waals surface area contributed by atoms with Gasteiger partial charge in [0.25, 0.3) is 0 Å². The first-order valence-electron chi connectivity index (χ1n) is 5.97. The van der Waals surface area contributed by atoms with Gasteiger partial charge in [-0.1, -0.05) is 20.8 Å². The first-order valence-corrected chi connectivity index (χ1v) is 5.97. The van der Waals surface area contributed by atoms with Gasteiger partial charge in [-0.3, -0.25) is 4.79 Å². The van der Waals surface area contributed by atoms with Gasteiger partial charge in [0.05, 0.1) is 7.11 Å². The number of hydrogen-bond donors (Lipinski definition) is 1. The molecular formula is C13H21N3O2. The molecule has 1 N–H and O–H groups in total. The van der Waals surface area contributed by atoms with Gasteiger partial charge >= 0.3 is 5.97 Å². The van der Waals surface area contributed by atoms with E-state index in [1.165, 1.54) is 7.11 Å². The van der Waals surface area contributed by atoms with Crippen molar-refractivity contribution in [1.82, 2.24) is 15.3 Å². The van der Waals surface area contributed by atoms with Crippen LogP contribution in [0, 0.1) is 0 Å². The zero-order chi connectivity index (χ0) is 13.8. The van der Waals surface area contributed by atoms with Crippen LogP contribution >= 0.6 is 0 Å². The molecule has 0 bridgehead atoms. The number of nitrogens with zero attached hydrogens (tertiary/aromatic N) is 2. The summed E-state index contributed by atoms with van der Waals surface area (Å²) in [4.78, 5) is 19.9. The molecule has 5 heteroatoms. The van der Waals surface area contributed by atoms with Crippen molar-refractivity contribution in [1.29, 1.82) is 0 Å². The van der Waals surface area contributed by atoms with E-state index in [-0.39, 0.29) is 17.4 Å². The summed E-state index contributed by atoms with van der Waals surface area (Å²) in [6.45, 7) is 8.51. The van der Waals surface area contributed by atoms with Crippen LogP contribution in [0.5, 0.6) is 0 Å². The highest BCUT2D eigenvalue weighted by Crippen LogP contribution is 2.16. The second-order valence-electron chi connectivity index (χ2n) is 5.29. The van der Waals surface area contributed by atoms with Gasteiger partial charge in [-0.05, 0) is 6.92 Å². The fourth-order valence-electron chi connectivity index (χ4n) is 1.36. The topological polar surface area (TPSA) is 64.1 Å². The third-order valence-electron chi connectivity index (χ3n) is 2.54. The van der Waals surface area contributed by atoms with E-state index in [2.05, 4.69) is 40.8 Å². The Morgan fingerprint density at radius 2 is 1.94 bits per heavy atom. The van der Waals surface area contributed by atoms with Crippen LogP contribution in [0.4, 0.5) is 0 Å². The van der Waals surface area contributed by atoms with E-state index < -0.39 is 0 Å². The molecule has 100 valence electrons. The van der Waals surface area contributed by atoms with Crippen molar-refractivity contribution in [3.8, 4) is 0 Å². The largest absolute Gasteiger partial charge is 0.468 e. The van der Waals surface area contributed by atoms with Crippen LogP contribution in [0.3, 0.4) is 0 Å². The molecule has 0 aliphatic heterocycles. The highest BCUT2D eigenvalue weighted by atomic mass is 16.5. The fourth-order valence-corrected chi connectivity index (χ4v) is 1.36. The highest BCUT2D eigenvalue weighted by molar-refractivity contribution is 5.75. The minimum absolute atomic E-state index is 0.0503. The maximum absolute atomic E-state index is 11.2. The number of hydrogen-bond acceptors (Lipinski definition) is 5. The van der Waals surface area contributed by atoms with E-state index in [0.29, 0.717) is 6.54 Å². The fraction of sp³-hybridized carbons (Fsp3) is 0.615. The Balaban J connectivity index is 2.57. The molecule has 1 rings (SSSR count). The number of aromatic nitrogens is 2. The van der Waals surface area contributed by atoms with Crippen LogP contribution in [0.25, 0.3) is 0 Å². The van der Waals surface area contributed by atoms with Crippen molar-refractivity contribution < 1.29 is 9.53 Å². The van der Waals surface area contributed by atoms with E-state index in [9.17, 15) is 4.79 Å². The Labute approximate surface area is 108 Å². The average Bonchev–Trinajstić information content (AvgIpc) is 2.34. The van der Waals surface area contributed by atoms with E-state index in [0.717, 1.165) is 11.4 Å². The second kappa shape index (κ2) is 5.91. The Morgan fingerprint density at radius 3 is 2.39 bits per heavy atom. The first-order chi connectivity index (χ1) is 8.34. The Bertz CT molecular complexity index is 396. The lowest BCUT2D eigenvalue weighted by atomic mass is 9.96. The maximum atomic E-state index is 11.2. The number of rotatable bonds is 4. The molecular weight excluding hydrogens is 230 g/mol. The van der Waals surface area contributed by atoms with Gasteiger partial charge < -0.3 is 10.1 Å². The van der Waals surface area contributed by atoms with Crippen LogP contribution in [0.1, 0.15) is 39.1 Å². The Morgan fingerprint density at radius 1 is 1.39 bits per heavy atom. The summed E-state index contributed by atoms with van der Waals surface area (Å²) in [5, 5.41) is 3.05. The molecule has 0 fully saturated rings. The molecule has 0 spiro atoms. The van der Waals surface area contributed by atoms with E-state index in [4.69, 9.17) is 0 Å². The number of esters is 1. The van der Waals surface area contributed by atoms with Crippen molar-refractivity contribution in [2.45, 2.75) is 45.7 Å². The quantitative estimate of drug-likeness (QED) is 0.820. The number of methoxy groups -OCH3 is 1. The standard InChI is InChI=1S/C13H21N3O2/c1-9(11(17)18-5)14-6-10-7-15-12(16-8-10)13(2,3)4/h7-9,14H,6H2,1-5H3/t9-/m0/s1. The summed E-state index contributed by atoms with van der Waals surface area (Å²) in [5.74, 6) is 0.537. The predicted molar refractivity (Wildman–Crippen MR) is 69.0 cm³/mol. The zero-order valence-corrected chi connectivity index (χ0v) is 11.7. The van der Waals surface area contributed by atoms with Crippen LogP contribution in [-0.4, -0.2) is 29.1 Å². The van der Waals surface area contributed by atoms with Gasteiger partial charge in [0.2, 0.25) is 0 Å². The summed E-state index contributed by atoms with van der Waals surface area (Å²) >= 11 is 0. The van der Waals surface area contributed by atoms with Crippen molar-refractivity contribution in [2.24, 2.45) is 0 Å². The van der Waals surface area contributed by atoms with E-state index >= 15 is 0 Å². The first kappa shape index (κ1) is 14.6. The SMILES string of the molecule is COC(=O)[C@H](C)NCc1cnc(C(C)(C)C)nc1. The van der Waals surface area contributed by atoms with Gasteiger partial charge in [-0.15, -0.1) is 0 Å². The van der Waals surface area contributed by atoms with Gasteiger partial charge in [-0.2, -0.15) is 0 Å². The molecule has 5 nitrogen and oxygen atoms in total.